The third-order valence-corrected chi connectivity index (χ3v) is 5.19. The molecule has 0 aromatic heterocycles. The van der Waals surface area contributed by atoms with Gasteiger partial charge >= 0.3 is 0 Å². The van der Waals surface area contributed by atoms with Gasteiger partial charge < -0.3 is 10.1 Å². The fourth-order valence-corrected chi connectivity index (χ4v) is 3.88. The summed E-state index contributed by atoms with van der Waals surface area (Å²) in [5.41, 5.74) is 4.72. The van der Waals surface area contributed by atoms with Crippen molar-refractivity contribution in [3.05, 3.63) is 95.2 Å². The van der Waals surface area contributed by atoms with E-state index in [1.165, 1.54) is 4.90 Å². The van der Waals surface area contributed by atoms with Crippen LogP contribution in [0.2, 0.25) is 0 Å². The number of nitrogens with one attached hydrogen (secondary N) is 1. The van der Waals surface area contributed by atoms with Gasteiger partial charge in [0.1, 0.15) is 11.4 Å². The Morgan fingerprint density at radius 1 is 0.844 bits per heavy atom. The number of carbonyl (C=O) groups is 2. The minimum absolute atomic E-state index is 0.270. The molecule has 0 atom stereocenters. The Balaban J connectivity index is 1.77. The van der Waals surface area contributed by atoms with Crippen LogP contribution in [-0.4, -0.2) is 18.4 Å². The van der Waals surface area contributed by atoms with E-state index in [2.05, 4.69) is 11.4 Å². The molecule has 1 aliphatic rings. The first-order valence-electron chi connectivity index (χ1n) is 10.7. The molecule has 0 saturated carbocycles. The SMILES string of the molecule is CCCOc1cccc(N2C(=O)C(Nc3cc(C)cc(C)c3)=C(c3ccccc3)C2=O)c1. The molecule has 32 heavy (non-hydrogen) atoms. The van der Waals surface area contributed by atoms with Crippen molar-refractivity contribution in [3.63, 3.8) is 0 Å². The van der Waals surface area contributed by atoms with Crippen LogP contribution in [0.3, 0.4) is 0 Å². The number of amides is 2. The zero-order valence-corrected chi connectivity index (χ0v) is 18.5. The second kappa shape index (κ2) is 9.10. The number of rotatable bonds is 7. The first-order chi connectivity index (χ1) is 15.5. The summed E-state index contributed by atoms with van der Waals surface area (Å²) in [6.45, 7) is 6.59. The number of nitrogens with zero attached hydrogens (tertiary/aromatic N) is 1. The van der Waals surface area contributed by atoms with Crippen LogP contribution < -0.4 is 15.0 Å². The Kier molecular flexibility index (Phi) is 6.08. The lowest BCUT2D eigenvalue weighted by Crippen LogP contribution is -2.32. The Morgan fingerprint density at radius 2 is 1.56 bits per heavy atom. The standard InChI is InChI=1S/C27H26N2O3/c1-4-13-32-23-12-8-11-22(17-23)29-26(30)24(20-9-6-5-7-10-20)25(27(29)31)28-21-15-18(2)14-19(3)16-21/h5-12,14-17,28H,4,13H2,1-3H3. The molecule has 1 aliphatic heterocycles. The first kappa shape index (κ1) is 21.4. The number of anilines is 2. The zero-order chi connectivity index (χ0) is 22.7. The highest BCUT2D eigenvalue weighted by Crippen LogP contribution is 2.35. The monoisotopic (exact) mass is 426 g/mol. The van der Waals surface area contributed by atoms with Crippen LogP contribution in [0.15, 0.2) is 78.5 Å². The number of benzene rings is 3. The molecule has 0 saturated heterocycles. The van der Waals surface area contributed by atoms with Crippen LogP contribution >= 0.6 is 0 Å². The second-order valence-corrected chi connectivity index (χ2v) is 7.91. The van der Waals surface area contributed by atoms with E-state index in [0.717, 1.165) is 23.2 Å². The van der Waals surface area contributed by atoms with Crippen molar-refractivity contribution in [2.24, 2.45) is 0 Å². The van der Waals surface area contributed by atoms with Crippen LogP contribution in [-0.2, 0) is 9.59 Å². The largest absolute Gasteiger partial charge is 0.494 e. The summed E-state index contributed by atoms with van der Waals surface area (Å²) < 4.78 is 5.71. The highest BCUT2D eigenvalue weighted by Gasteiger charge is 2.40. The zero-order valence-electron chi connectivity index (χ0n) is 18.5. The van der Waals surface area contributed by atoms with E-state index >= 15 is 0 Å². The Hall–Kier alpha value is -3.86. The highest BCUT2D eigenvalue weighted by molar-refractivity contribution is 6.46. The molecule has 4 rings (SSSR count). The van der Waals surface area contributed by atoms with Crippen LogP contribution in [0.25, 0.3) is 5.57 Å². The van der Waals surface area contributed by atoms with Crippen molar-refractivity contribution in [2.75, 3.05) is 16.8 Å². The fourth-order valence-electron chi connectivity index (χ4n) is 3.88. The summed E-state index contributed by atoms with van der Waals surface area (Å²) in [5.74, 6) is -0.122. The molecule has 5 heteroatoms. The number of aryl methyl sites for hydroxylation is 2. The van der Waals surface area contributed by atoms with E-state index < -0.39 is 0 Å². The summed E-state index contributed by atoms with van der Waals surface area (Å²) in [7, 11) is 0. The van der Waals surface area contributed by atoms with Crippen molar-refractivity contribution in [2.45, 2.75) is 27.2 Å². The first-order valence-corrected chi connectivity index (χ1v) is 10.7. The summed E-state index contributed by atoms with van der Waals surface area (Å²) in [5, 5.41) is 3.24. The summed E-state index contributed by atoms with van der Waals surface area (Å²) in [6, 6.07) is 22.4. The van der Waals surface area contributed by atoms with Gasteiger partial charge in [-0.05, 0) is 61.2 Å². The van der Waals surface area contributed by atoms with E-state index in [1.807, 2.05) is 69.3 Å². The quantitative estimate of drug-likeness (QED) is 0.508. The van der Waals surface area contributed by atoms with Gasteiger partial charge in [0.15, 0.2) is 0 Å². The molecular weight excluding hydrogens is 400 g/mol. The maximum Gasteiger partial charge on any atom is 0.282 e. The third-order valence-electron chi connectivity index (χ3n) is 5.19. The minimum Gasteiger partial charge on any atom is -0.494 e. The van der Waals surface area contributed by atoms with Gasteiger partial charge in [-0.3, -0.25) is 9.59 Å². The topological polar surface area (TPSA) is 58.6 Å². The molecule has 0 unspecified atom stereocenters. The van der Waals surface area contributed by atoms with Crippen LogP contribution in [0, 0.1) is 13.8 Å². The molecule has 0 bridgehead atoms. The van der Waals surface area contributed by atoms with E-state index in [-0.39, 0.29) is 17.5 Å². The molecule has 0 fully saturated rings. The van der Waals surface area contributed by atoms with E-state index in [1.54, 1.807) is 18.2 Å². The van der Waals surface area contributed by atoms with Gasteiger partial charge in [-0.2, -0.15) is 0 Å². The molecular formula is C27H26N2O3. The average Bonchev–Trinajstić information content (AvgIpc) is 3.01. The molecule has 0 spiro atoms. The van der Waals surface area contributed by atoms with Gasteiger partial charge in [0.25, 0.3) is 11.8 Å². The summed E-state index contributed by atoms with van der Waals surface area (Å²) in [4.78, 5) is 28.3. The Bertz CT molecular complexity index is 1180. The third kappa shape index (κ3) is 4.28. The second-order valence-electron chi connectivity index (χ2n) is 7.91. The molecule has 0 radical (unpaired) electrons. The molecule has 3 aromatic rings. The lowest BCUT2D eigenvalue weighted by molar-refractivity contribution is -0.120. The maximum absolute atomic E-state index is 13.5. The molecule has 0 aliphatic carbocycles. The normalized spacial score (nSPS) is 13.7. The van der Waals surface area contributed by atoms with Crippen molar-refractivity contribution in [1.29, 1.82) is 0 Å². The van der Waals surface area contributed by atoms with Gasteiger partial charge in [-0.25, -0.2) is 4.90 Å². The highest BCUT2D eigenvalue weighted by atomic mass is 16.5. The van der Waals surface area contributed by atoms with Crippen molar-refractivity contribution < 1.29 is 14.3 Å². The van der Waals surface area contributed by atoms with Crippen LogP contribution in [0.4, 0.5) is 11.4 Å². The van der Waals surface area contributed by atoms with Gasteiger partial charge in [0, 0.05) is 11.8 Å². The molecule has 5 nitrogen and oxygen atoms in total. The molecule has 1 N–H and O–H groups in total. The summed E-state index contributed by atoms with van der Waals surface area (Å²) in [6.07, 6.45) is 0.871. The number of imide groups is 1. The van der Waals surface area contributed by atoms with E-state index in [0.29, 0.717) is 29.2 Å². The lowest BCUT2D eigenvalue weighted by atomic mass is 10.0. The summed E-state index contributed by atoms with van der Waals surface area (Å²) >= 11 is 0. The average molecular weight is 427 g/mol. The van der Waals surface area contributed by atoms with Gasteiger partial charge in [-0.15, -0.1) is 0 Å². The predicted octanol–water partition coefficient (Wildman–Crippen LogP) is 5.49. The number of hydrogen-bond donors (Lipinski definition) is 1. The van der Waals surface area contributed by atoms with Crippen molar-refractivity contribution >= 4 is 28.8 Å². The van der Waals surface area contributed by atoms with Gasteiger partial charge in [0.05, 0.1) is 17.9 Å². The predicted molar refractivity (Wildman–Crippen MR) is 128 cm³/mol. The number of carbonyl (C=O) groups excluding carboxylic acids is 2. The smallest absolute Gasteiger partial charge is 0.282 e. The number of ether oxygens (including phenoxy) is 1. The fraction of sp³-hybridized carbons (Fsp3) is 0.185. The number of hydrogen-bond acceptors (Lipinski definition) is 4. The molecule has 162 valence electrons. The lowest BCUT2D eigenvalue weighted by Gasteiger charge is -2.17. The molecule has 3 aromatic carbocycles. The molecule has 2 amide bonds. The Morgan fingerprint density at radius 3 is 2.25 bits per heavy atom. The maximum atomic E-state index is 13.5. The van der Waals surface area contributed by atoms with Crippen LogP contribution in [0.1, 0.15) is 30.0 Å². The van der Waals surface area contributed by atoms with Gasteiger partial charge in [0.2, 0.25) is 0 Å². The van der Waals surface area contributed by atoms with Crippen molar-refractivity contribution in [1.82, 2.24) is 0 Å². The Labute approximate surface area is 188 Å². The molecule has 1 heterocycles. The van der Waals surface area contributed by atoms with Gasteiger partial charge in [-0.1, -0.05) is 49.4 Å². The van der Waals surface area contributed by atoms with Crippen molar-refractivity contribution in [3.8, 4) is 5.75 Å². The van der Waals surface area contributed by atoms with Crippen LogP contribution in [0.5, 0.6) is 5.75 Å². The van der Waals surface area contributed by atoms with E-state index in [4.69, 9.17) is 4.74 Å². The van der Waals surface area contributed by atoms with E-state index in [9.17, 15) is 9.59 Å². The minimum atomic E-state index is -0.388.